The Labute approximate surface area is 303 Å². The van der Waals surface area contributed by atoms with Crippen LogP contribution >= 0.6 is 11.3 Å². The Hall–Kier alpha value is -6.62. The van der Waals surface area contributed by atoms with E-state index in [0.29, 0.717) is 0 Å². The summed E-state index contributed by atoms with van der Waals surface area (Å²) in [7, 11) is 0. The molecule has 8 aromatic carbocycles. The molecule has 11 aromatic rings. The van der Waals surface area contributed by atoms with E-state index < -0.39 is 0 Å². The highest BCUT2D eigenvalue weighted by Crippen LogP contribution is 2.39. The lowest BCUT2D eigenvalue weighted by molar-refractivity contribution is 1.16. The molecule has 4 heteroatoms. The van der Waals surface area contributed by atoms with Crippen LogP contribution in [0.15, 0.2) is 188 Å². The molecule has 8 bridgehead atoms. The molecule has 0 spiro atoms. The highest BCUT2D eigenvalue weighted by molar-refractivity contribution is 7.25. The average molecular weight is 682 g/mol. The van der Waals surface area contributed by atoms with Gasteiger partial charge in [0.15, 0.2) is 0 Å². The van der Waals surface area contributed by atoms with Gasteiger partial charge in [0.05, 0.1) is 16.7 Å². The molecule has 11 rings (SSSR count). The predicted octanol–water partition coefficient (Wildman–Crippen LogP) is 13.3. The number of fused-ring (bicyclic) bond motifs is 10. The van der Waals surface area contributed by atoms with E-state index in [0.717, 1.165) is 39.1 Å². The van der Waals surface area contributed by atoms with Gasteiger partial charge in [-0.25, -0.2) is 0 Å². The second-order valence-corrected chi connectivity index (χ2v) is 14.5. The van der Waals surface area contributed by atoms with Gasteiger partial charge in [0.2, 0.25) is 0 Å². The second-order valence-electron chi connectivity index (χ2n) is 13.4. The monoisotopic (exact) mass is 681 g/mol. The van der Waals surface area contributed by atoms with Crippen LogP contribution in [-0.2, 0) is 0 Å². The first kappa shape index (κ1) is 29.1. The smallest absolute Gasteiger partial charge is 0.0562 e. The molecule has 0 saturated carbocycles. The summed E-state index contributed by atoms with van der Waals surface area (Å²) in [5.74, 6) is 0. The van der Waals surface area contributed by atoms with Gasteiger partial charge >= 0.3 is 0 Å². The molecular weight excluding hydrogens is 651 g/mol. The fourth-order valence-electron chi connectivity index (χ4n) is 8.17. The van der Waals surface area contributed by atoms with Gasteiger partial charge in [-0.15, -0.1) is 11.3 Å². The minimum atomic E-state index is 1.11. The number of hydrogen-bond acceptors (Lipinski definition) is 1. The van der Waals surface area contributed by atoms with Gasteiger partial charge < -0.3 is 13.7 Å². The topological polar surface area (TPSA) is 14.8 Å². The van der Waals surface area contributed by atoms with Crippen LogP contribution in [0, 0.1) is 0 Å². The van der Waals surface area contributed by atoms with Gasteiger partial charge in [-0.3, -0.25) is 0 Å². The third-order valence-electron chi connectivity index (χ3n) is 10.4. The molecular formula is C48H31N3S. The number of rotatable bonds is 3. The molecule has 52 heavy (non-hydrogen) atoms. The first-order valence-corrected chi connectivity index (χ1v) is 18.5. The van der Waals surface area contributed by atoms with Crippen LogP contribution in [0.25, 0.3) is 91.9 Å². The van der Waals surface area contributed by atoms with Crippen molar-refractivity contribution in [2.75, 3.05) is 0 Å². The van der Waals surface area contributed by atoms with Crippen molar-refractivity contribution in [1.29, 1.82) is 0 Å². The van der Waals surface area contributed by atoms with E-state index in [1.54, 1.807) is 0 Å². The predicted molar refractivity (Wildman–Crippen MR) is 222 cm³/mol. The van der Waals surface area contributed by atoms with Crippen LogP contribution in [-0.4, -0.2) is 13.7 Å². The quantitative estimate of drug-likeness (QED) is 0.176. The number of nitrogens with zero attached hydrogens (tertiary/aromatic N) is 3. The van der Waals surface area contributed by atoms with E-state index in [1.807, 2.05) is 11.3 Å². The molecule has 0 amide bonds. The normalized spacial score (nSPS) is 11.8. The standard InChI is InChI=1S/C48H31N3S/c1-3-14-34(15-4-1)49-36-18-9-12-32(28-36)33-13-10-19-37(29-33)50(39-25-27-47-42(31-39)41-30-38(49)24-26-46(41)52-47)44-22-11-23-45-48(44)40-20-7-8-21-43(40)51(45)35-16-5-2-6-17-35/h1-31H. The van der Waals surface area contributed by atoms with Crippen LogP contribution < -0.4 is 0 Å². The fraction of sp³-hybridized carbons (Fsp3) is 0. The van der Waals surface area contributed by atoms with Crippen LogP contribution in [0.1, 0.15) is 0 Å². The van der Waals surface area contributed by atoms with E-state index in [4.69, 9.17) is 0 Å². The summed E-state index contributed by atoms with van der Waals surface area (Å²) < 4.78 is 9.80. The van der Waals surface area contributed by atoms with E-state index in [1.165, 1.54) is 52.8 Å². The maximum absolute atomic E-state index is 2.46. The van der Waals surface area contributed by atoms with E-state index in [-0.39, 0.29) is 0 Å². The molecule has 0 aliphatic heterocycles. The molecule has 0 N–H and O–H groups in total. The maximum atomic E-state index is 2.46. The SMILES string of the molecule is c1ccc(-n2c3cccc(c3)c3cccc(c3)n(-c3cccc4c3c3ccccc3n4-c3ccccc3)c3ccc4sc5ccc2cc5c4c3)cc1. The lowest BCUT2D eigenvalue weighted by Gasteiger charge is -2.15. The van der Waals surface area contributed by atoms with Crippen molar-refractivity contribution in [2.45, 2.75) is 0 Å². The molecule has 3 aromatic heterocycles. The van der Waals surface area contributed by atoms with Gasteiger partial charge in [-0.05, 0) is 114 Å². The summed E-state index contributed by atoms with van der Waals surface area (Å²) in [5, 5.41) is 7.32. The van der Waals surface area contributed by atoms with Crippen molar-refractivity contribution in [3.63, 3.8) is 0 Å². The summed E-state index contributed by atoms with van der Waals surface area (Å²) >= 11 is 1.86. The first-order chi connectivity index (χ1) is 25.8. The first-order valence-electron chi connectivity index (χ1n) is 17.7. The minimum absolute atomic E-state index is 1.11. The van der Waals surface area contributed by atoms with Crippen molar-refractivity contribution >= 4 is 86.2 Å². The zero-order chi connectivity index (χ0) is 34.2. The van der Waals surface area contributed by atoms with Crippen molar-refractivity contribution < 1.29 is 0 Å². The Morgan fingerprint density at radius 2 is 0.846 bits per heavy atom. The number of thiophene rings is 1. The lowest BCUT2D eigenvalue weighted by Crippen LogP contribution is -1.99. The highest BCUT2D eigenvalue weighted by Gasteiger charge is 2.17. The summed E-state index contributed by atoms with van der Waals surface area (Å²) in [6.07, 6.45) is 0. The molecule has 0 aliphatic carbocycles. The second kappa shape index (κ2) is 11.5. The Balaban J connectivity index is 1.34. The van der Waals surface area contributed by atoms with E-state index in [2.05, 4.69) is 202 Å². The number of aromatic nitrogens is 3. The van der Waals surface area contributed by atoms with Crippen molar-refractivity contribution in [2.24, 2.45) is 0 Å². The number of para-hydroxylation sites is 3. The van der Waals surface area contributed by atoms with Gasteiger partial charge in [-0.1, -0.05) is 84.9 Å². The summed E-state index contributed by atoms with van der Waals surface area (Å²) in [6.45, 7) is 0. The van der Waals surface area contributed by atoms with Gasteiger partial charge in [0, 0.05) is 64.4 Å². The van der Waals surface area contributed by atoms with Crippen molar-refractivity contribution in [3.8, 4) is 17.1 Å². The molecule has 3 nitrogen and oxygen atoms in total. The Morgan fingerprint density at radius 3 is 1.52 bits per heavy atom. The molecule has 0 fully saturated rings. The summed E-state index contributed by atoms with van der Waals surface area (Å²) in [6, 6.07) is 68.9. The fourth-order valence-corrected chi connectivity index (χ4v) is 9.24. The van der Waals surface area contributed by atoms with Crippen LogP contribution in [0.5, 0.6) is 0 Å². The van der Waals surface area contributed by atoms with Crippen LogP contribution in [0.2, 0.25) is 0 Å². The third-order valence-corrected chi connectivity index (χ3v) is 11.6. The average Bonchev–Trinajstić information content (AvgIpc) is 3.74. The largest absolute Gasteiger partial charge is 0.310 e. The number of hydrogen-bond donors (Lipinski definition) is 0. The molecule has 244 valence electrons. The summed E-state index contributed by atoms with van der Waals surface area (Å²) in [4.78, 5) is 0. The molecule has 0 aliphatic rings. The van der Waals surface area contributed by atoms with Gasteiger partial charge in [-0.2, -0.15) is 0 Å². The third kappa shape index (κ3) is 4.45. The van der Waals surface area contributed by atoms with Crippen molar-refractivity contribution in [3.05, 3.63) is 188 Å². The highest BCUT2D eigenvalue weighted by atomic mass is 32.1. The van der Waals surface area contributed by atoms with Crippen molar-refractivity contribution in [1.82, 2.24) is 13.7 Å². The van der Waals surface area contributed by atoms with Crippen LogP contribution in [0.3, 0.4) is 0 Å². The molecule has 0 unspecified atom stereocenters. The lowest BCUT2D eigenvalue weighted by atomic mass is 10.1. The van der Waals surface area contributed by atoms with Gasteiger partial charge in [0.25, 0.3) is 0 Å². The Morgan fingerprint density at radius 1 is 0.327 bits per heavy atom. The Bertz CT molecular complexity index is 3230. The molecule has 0 radical (unpaired) electrons. The summed E-state index contributed by atoms with van der Waals surface area (Å²) in [5.41, 5.74) is 10.3. The molecule has 0 saturated heterocycles. The number of benzene rings is 8. The van der Waals surface area contributed by atoms with E-state index in [9.17, 15) is 0 Å². The van der Waals surface area contributed by atoms with Crippen LogP contribution in [0.4, 0.5) is 0 Å². The maximum Gasteiger partial charge on any atom is 0.0562 e. The van der Waals surface area contributed by atoms with E-state index >= 15 is 0 Å². The molecule has 3 heterocycles. The Kier molecular flexibility index (Phi) is 6.42. The van der Waals surface area contributed by atoms with Gasteiger partial charge in [0.1, 0.15) is 0 Å². The molecule has 0 atom stereocenters. The minimum Gasteiger partial charge on any atom is -0.310 e. The zero-order valence-corrected chi connectivity index (χ0v) is 29.0. The zero-order valence-electron chi connectivity index (χ0n) is 28.1.